The topological polar surface area (TPSA) is 48.8 Å². The fourth-order valence-electron chi connectivity index (χ4n) is 2.63. The maximum absolute atomic E-state index is 5.89. The first-order chi connectivity index (χ1) is 9.61. The molecule has 0 bridgehead atoms. The van der Waals surface area contributed by atoms with Gasteiger partial charge in [0.05, 0.1) is 22.4 Å². The number of fused-ring (bicyclic) bond motifs is 1. The standard InChI is InChI=1S/C15H17BrN4/c1-10-15(16)14(19(2)18-10)9-20-12(8-17)7-11-5-3-4-6-13(11)20/h3-7H,8-9,17H2,1-2H3. The second kappa shape index (κ2) is 5.07. The van der Waals surface area contributed by atoms with Gasteiger partial charge in [-0.15, -0.1) is 0 Å². The molecular formula is C15H17BrN4. The van der Waals surface area contributed by atoms with Crippen molar-refractivity contribution in [2.24, 2.45) is 12.8 Å². The Morgan fingerprint density at radius 1 is 1.30 bits per heavy atom. The Hall–Kier alpha value is -1.59. The quantitative estimate of drug-likeness (QED) is 0.801. The van der Waals surface area contributed by atoms with Crippen LogP contribution < -0.4 is 5.73 Å². The van der Waals surface area contributed by atoms with Crippen molar-refractivity contribution in [3.8, 4) is 0 Å². The van der Waals surface area contributed by atoms with Gasteiger partial charge in [0, 0.05) is 24.8 Å². The Morgan fingerprint density at radius 3 is 2.70 bits per heavy atom. The summed E-state index contributed by atoms with van der Waals surface area (Å²) in [5.74, 6) is 0. The van der Waals surface area contributed by atoms with Crippen LogP contribution >= 0.6 is 15.9 Å². The summed E-state index contributed by atoms with van der Waals surface area (Å²) in [6.07, 6.45) is 0. The van der Waals surface area contributed by atoms with Crippen LogP contribution in [-0.4, -0.2) is 14.3 Å². The van der Waals surface area contributed by atoms with Crippen molar-refractivity contribution in [2.75, 3.05) is 0 Å². The van der Waals surface area contributed by atoms with Crippen LogP contribution in [0.3, 0.4) is 0 Å². The number of nitrogens with zero attached hydrogens (tertiary/aromatic N) is 3. The molecule has 20 heavy (non-hydrogen) atoms. The summed E-state index contributed by atoms with van der Waals surface area (Å²) in [6, 6.07) is 10.5. The molecule has 0 aliphatic heterocycles. The van der Waals surface area contributed by atoms with E-state index in [0.717, 1.165) is 28.1 Å². The molecule has 2 heterocycles. The lowest BCUT2D eigenvalue weighted by atomic mass is 10.2. The molecule has 0 amide bonds. The Kier molecular flexibility index (Phi) is 3.40. The van der Waals surface area contributed by atoms with Gasteiger partial charge in [-0.25, -0.2) is 0 Å². The van der Waals surface area contributed by atoms with Crippen molar-refractivity contribution < 1.29 is 0 Å². The molecule has 0 radical (unpaired) electrons. The van der Waals surface area contributed by atoms with Crippen LogP contribution in [-0.2, 0) is 20.1 Å². The molecule has 0 aliphatic rings. The van der Waals surface area contributed by atoms with Crippen molar-refractivity contribution in [1.82, 2.24) is 14.3 Å². The van der Waals surface area contributed by atoms with Gasteiger partial charge in [0.25, 0.3) is 0 Å². The highest BCUT2D eigenvalue weighted by atomic mass is 79.9. The summed E-state index contributed by atoms with van der Waals surface area (Å²) in [4.78, 5) is 0. The molecule has 104 valence electrons. The Balaban J connectivity index is 2.14. The second-order valence-electron chi connectivity index (χ2n) is 4.95. The minimum absolute atomic E-state index is 0.531. The highest BCUT2D eigenvalue weighted by Crippen LogP contribution is 2.25. The van der Waals surface area contributed by atoms with Crippen LogP contribution in [0.5, 0.6) is 0 Å². The molecule has 1 aromatic carbocycles. The number of aromatic nitrogens is 3. The molecule has 0 atom stereocenters. The Bertz CT molecular complexity index is 770. The summed E-state index contributed by atoms with van der Waals surface area (Å²) in [5.41, 5.74) is 10.4. The minimum atomic E-state index is 0.531. The number of aryl methyl sites for hydroxylation is 2. The fourth-order valence-corrected chi connectivity index (χ4v) is 3.09. The maximum atomic E-state index is 5.89. The molecule has 0 unspecified atom stereocenters. The Morgan fingerprint density at radius 2 is 2.05 bits per heavy atom. The van der Waals surface area contributed by atoms with Crippen molar-refractivity contribution >= 4 is 26.8 Å². The molecule has 0 saturated heterocycles. The number of halogens is 1. The lowest BCUT2D eigenvalue weighted by Gasteiger charge is -2.10. The van der Waals surface area contributed by atoms with Gasteiger partial charge in [0.15, 0.2) is 0 Å². The summed E-state index contributed by atoms with van der Waals surface area (Å²) in [7, 11) is 1.97. The van der Waals surface area contributed by atoms with Crippen LogP contribution in [0.4, 0.5) is 0 Å². The van der Waals surface area contributed by atoms with E-state index < -0.39 is 0 Å². The molecule has 4 nitrogen and oxygen atoms in total. The first-order valence-corrected chi connectivity index (χ1v) is 7.36. The van der Waals surface area contributed by atoms with E-state index in [4.69, 9.17) is 5.73 Å². The highest BCUT2D eigenvalue weighted by molar-refractivity contribution is 9.10. The van der Waals surface area contributed by atoms with Crippen molar-refractivity contribution in [3.05, 3.63) is 51.9 Å². The third-order valence-electron chi connectivity index (χ3n) is 3.68. The maximum Gasteiger partial charge on any atom is 0.0739 e. The van der Waals surface area contributed by atoms with Gasteiger partial charge in [0.1, 0.15) is 0 Å². The molecule has 0 spiro atoms. The van der Waals surface area contributed by atoms with Crippen LogP contribution in [0.1, 0.15) is 17.1 Å². The molecular weight excluding hydrogens is 316 g/mol. The van der Waals surface area contributed by atoms with Crippen LogP contribution in [0.15, 0.2) is 34.8 Å². The third-order valence-corrected chi connectivity index (χ3v) is 4.71. The van der Waals surface area contributed by atoms with Gasteiger partial charge >= 0.3 is 0 Å². The van der Waals surface area contributed by atoms with E-state index in [1.54, 1.807) is 0 Å². The van der Waals surface area contributed by atoms with Gasteiger partial charge < -0.3 is 10.3 Å². The third kappa shape index (κ3) is 2.07. The zero-order valence-electron chi connectivity index (χ0n) is 11.6. The largest absolute Gasteiger partial charge is 0.337 e. The van der Waals surface area contributed by atoms with Gasteiger partial charge in [-0.05, 0) is 40.4 Å². The van der Waals surface area contributed by atoms with E-state index in [9.17, 15) is 0 Å². The molecule has 0 aliphatic carbocycles. The monoisotopic (exact) mass is 332 g/mol. The molecule has 2 N–H and O–H groups in total. The summed E-state index contributed by atoms with van der Waals surface area (Å²) < 4.78 is 5.26. The van der Waals surface area contributed by atoms with Crippen LogP contribution in [0.25, 0.3) is 10.9 Å². The number of nitrogens with two attached hydrogens (primary N) is 1. The SMILES string of the molecule is Cc1nn(C)c(Cn2c(CN)cc3ccccc32)c1Br. The highest BCUT2D eigenvalue weighted by Gasteiger charge is 2.14. The molecule has 3 rings (SSSR count). The minimum Gasteiger partial charge on any atom is -0.337 e. The smallest absolute Gasteiger partial charge is 0.0739 e. The van der Waals surface area contributed by atoms with Gasteiger partial charge in [-0.2, -0.15) is 5.10 Å². The lowest BCUT2D eigenvalue weighted by Crippen LogP contribution is -2.11. The molecule has 0 saturated carbocycles. The van der Waals surface area contributed by atoms with E-state index in [2.05, 4.69) is 55.9 Å². The molecule has 5 heteroatoms. The summed E-state index contributed by atoms with van der Waals surface area (Å²) in [5, 5.41) is 5.68. The van der Waals surface area contributed by atoms with Crippen molar-refractivity contribution in [2.45, 2.75) is 20.0 Å². The van der Waals surface area contributed by atoms with Crippen molar-refractivity contribution in [3.63, 3.8) is 0 Å². The van der Waals surface area contributed by atoms with Gasteiger partial charge in [-0.3, -0.25) is 4.68 Å². The summed E-state index contributed by atoms with van der Waals surface area (Å²) in [6.45, 7) is 3.30. The number of para-hydroxylation sites is 1. The zero-order chi connectivity index (χ0) is 14.3. The van der Waals surface area contributed by atoms with Gasteiger partial charge in [0.2, 0.25) is 0 Å². The first-order valence-electron chi connectivity index (χ1n) is 6.57. The average Bonchev–Trinajstić information content (AvgIpc) is 2.92. The summed E-state index contributed by atoms with van der Waals surface area (Å²) >= 11 is 3.63. The Labute approximate surface area is 126 Å². The molecule has 2 aromatic heterocycles. The van der Waals surface area contributed by atoms with E-state index in [1.165, 1.54) is 10.9 Å². The average molecular weight is 333 g/mol. The van der Waals surface area contributed by atoms with Crippen molar-refractivity contribution in [1.29, 1.82) is 0 Å². The van der Waals surface area contributed by atoms with E-state index in [0.29, 0.717) is 6.54 Å². The first kappa shape index (κ1) is 13.4. The zero-order valence-corrected chi connectivity index (χ0v) is 13.2. The predicted octanol–water partition coefficient (Wildman–Crippen LogP) is 2.95. The molecule has 0 fully saturated rings. The second-order valence-corrected chi connectivity index (χ2v) is 5.75. The van der Waals surface area contributed by atoms with Gasteiger partial charge in [-0.1, -0.05) is 18.2 Å². The van der Waals surface area contributed by atoms with E-state index in [1.807, 2.05) is 18.7 Å². The van der Waals surface area contributed by atoms with Crippen LogP contribution in [0, 0.1) is 6.92 Å². The normalized spacial score (nSPS) is 11.4. The fraction of sp³-hybridized carbons (Fsp3) is 0.267. The molecule has 3 aromatic rings. The number of benzene rings is 1. The number of hydrogen-bond acceptors (Lipinski definition) is 2. The van der Waals surface area contributed by atoms with E-state index in [-0.39, 0.29) is 0 Å². The predicted molar refractivity (Wildman–Crippen MR) is 84.6 cm³/mol. The number of hydrogen-bond donors (Lipinski definition) is 1. The number of rotatable bonds is 3. The lowest BCUT2D eigenvalue weighted by molar-refractivity contribution is 0.657. The van der Waals surface area contributed by atoms with E-state index >= 15 is 0 Å². The van der Waals surface area contributed by atoms with Crippen LogP contribution in [0.2, 0.25) is 0 Å².